The molecule has 3 atom stereocenters. The zero-order chi connectivity index (χ0) is 17.3. The van der Waals surface area contributed by atoms with E-state index in [2.05, 4.69) is 5.32 Å². The Bertz CT molecular complexity index is 688. The SMILES string of the molecule is COc1cc2c(cc1OC)C[C@@H](C(=O)N1C[C@@H](F)C[C@H]1C#N)NC2. The summed E-state index contributed by atoms with van der Waals surface area (Å²) in [6, 6.07) is 4.65. The van der Waals surface area contributed by atoms with Crippen molar-refractivity contribution in [2.75, 3.05) is 20.8 Å². The van der Waals surface area contributed by atoms with Gasteiger partial charge in [-0.15, -0.1) is 0 Å². The lowest BCUT2D eigenvalue weighted by atomic mass is 9.94. The Labute approximate surface area is 140 Å². The molecule has 2 heterocycles. The van der Waals surface area contributed by atoms with Gasteiger partial charge in [0.15, 0.2) is 11.5 Å². The number of benzene rings is 1. The van der Waals surface area contributed by atoms with Gasteiger partial charge in [0.2, 0.25) is 5.91 Å². The maximum Gasteiger partial charge on any atom is 0.241 e. The molecule has 0 bridgehead atoms. The van der Waals surface area contributed by atoms with Crippen molar-refractivity contribution in [3.05, 3.63) is 23.3 Å². The second kappa shape index (κ2) is 6.65. The van der Waals surface area contributed by atoms with Crippen molar-refractivity contribution in [3.63, 3.8) is 0 Å². The van der Waals surface area contributed by atoms with Crippen LogP contribution in [0.4, 0.5) is 4.39 Å². The summed E-state index contributed by atoms with van der Waals surface area (Å²) in [5, 5.41) is 12.3. The summed E-state index contributed by atoms with van der Waals surface area (Å²) in [4.78, 5) is 14.0. The number of carbonyl (C=O) groups is 1. The Morgan fingerprint density at radius 1 is 1.33 bits per heavy atom. The van der Waals surface area contributed by atoms with Gasteiger partial charge in [-0.05, 0) is 29.7 Å². The molecule has 7 heteroatoms. The first-order valence-corrected chi connectivity index (χ1v) is 7.88. The first kappa shape index (κ1) is 16.5. The molecule has 128 valence electrons. The average molecular weight is 333 g/mol. The summed E-state index contributed by atoms with van der Waals surface area (Å²) in [5.41, 5.74) is 2.03. The van der Waals surface area contributed by atoms with Gasteiger partial charge >= 0.3 is 0 Å². The number of amides is 1. The molecule has 1 amide bonds. The number of nitrogens with zero attached hydrogens (tertiary/aromatic N) is 2. The Balaban J connectivity index is 1.80. The van der Waals surface area contributed by atoms with E-state index < -0.39 is 18.3 Å². The van der Waals surface area contributed by atoms with Crippen molar-refractivity contribution in [1.29, 1.82) is 5.26 Å². The van der Waals surface area contributed by atoms with E-state index in [0.29, 0.717) is 24.5 Å². The zero-order valence-corrected chi connectivity index (χ0v) is 13.7. The van der Waals surface area contributed by atoms with Crippen LogP contribution < -0.4 is 14.8 Å². The highest BCUT2D eigenvalue weighted by atomic mass is 19.1. The minimum atomic E-state index is -1.13. The van der Waals surface area contributed by atoms with Gasteiger partial charge in [0.1, 0.15) is 12.2 Å². The molecular weight excluding hydrogens is 313 g/mol. The predicted molar refractivity (Wildman–Crippen MR) is 84.5 cm³/mol. The largest absolute Gasteiger partial charge is 0.493 e. The van der Waals surface area contributed by atoms with Crippen LogP contribution in [0.5, 0.6) is 11.5 Å². The Morgan fingerprint density at radius 3 is 2.62 bits per heavy atom. The molecule has 6 nitrogen and oxygen atoms in total. The minimum Gasteiger partial charge on any atom is -0.493 e. The summed E-state index contributed by atoms with van der Waals surface area (Å²) in [6.45, 7) is 0.504. The Hall–Kier alpha value is -2.33. The summed E-state index contributed by atoms with van der Waals surface area (Å²) in [7, 11) is 3.15. The molecular formula is C17H20FN3O3. The van der Waals surface area contributed by atoms with Gasteiger partial charge in [-0.3, -0.25) is 4.79 Å². The molecule has 1 N–H and O–H groups in total. The molecule has 0 spiro atoms. The molecule has 2 aliphatic heterocycles. The fourth-order valence-corrected chi connectivity index (χ4v) is 3.37. The summed E-state index contributed by atoms with van der Waals surface area (Å²) in [6.07, 6.45) is -0.560. The highest BCUT2D eigenvalue weighted by Gasteiger charge is 2.39. The highest BCUT2D eigenvalue weighted by Crippen LogP contribution is 2.33. The lowest BCUT2D eigenvalue weighted by Crippen LogP contribution is -2.50. The molecule has 1 aromatic carbocycles. The number of likely N-dealkylation sites (tertiary alicyclic amines) is 1. The van der Waals surface area contributed by atoms with Crippen LogP contribution in [-0.4, -0.2) is 49.8 Å². The van der Waals surface area contributed by atoms with Gasteiger partial charge in [0.25, 0.3) is 0 Å². The molecule has 24 heavy (non-hydrogen) atoms. The highest BCUT2D eigenvalue weighted by molar-refractivity contribution is 5.83. The smallest absolute Gasteiger partial charge is 0.241 e. The van der Waals surface area contributed by atoms with Gasteiger partial charge in [-0.1, -0.05) is 0 Å². The number of rotatable bonds is 3. The number of carbonyl (C=O) groups excluding carboxylic acids is 1. The third-order valence-electron chi connectivity index (χ3n) is 4.65. The van der Waals surface area contributed by atoms with Gasteiger partial charge in [-0.25, -0.2) is 4.39 Å². The second-order valence-corrected chi connectivity index (χ2v) is 6.08. The molecule has 3 rings (SSSR count). The van der Waals surface area contributed by atoms with E-state index in [4.69, 9.17) is 14.7 Å². The molecule has 0 aromatic heterocycles. The third-order valence-corrected chi connectivity index (χ3v) is 4.65. The summed E-state index contributed by atoms with van der Waals surface area (Å²) in [5.74, 6) is 1.04. The van der Waals surface area contributed by atoms with E-state index in [1.54, 1.807) is 14.2 Å². The number of halogens is 1. The predicted octanol–water partition coefficient (Wildman–Crippen LogP) is 1.18. The molecule has 0 radical (unpaired) electrons. The van der Waals surface area contributed by atoms with Crippen LogP contribution in [0.2, 0.25) is 0 Å². The van der Waals surface area contributed by atoms with Crippen LogP contribution in [0.15, 0.2) is 12.1 Å². The van der Waals surface area contributed by atoms with Crippen LogP contribution in [0, 0.1) is 11.3 Å². The number of alkyl halides is 1. The quantitative estimate of drug-likeness (QED) is 0.899. The van der Waals surface area contributed by atoms with Crippen molar-refractivity contribution < 1.29 is 18.7 Å². The van der Waals surface area contributed by atoms with Crippen LogP contribution >= 0.6 is 0 Å². The van der Waals surface area contributed by atoms with E-state index in [-0.39, 0.29) is 18.9 Å². The molecule has 0 saturated carbocycles. The number of nitrogens with one attached hydrogen (secondary N) is 1. The molecule has 0 unspecified atom stereocenters. The lowest BCUT2D eigenvalue weighted by molar-refractivity contribution is -0.133. The second-order valence-electron chi connectivity index (χ2n) is 6.08. The number of nitriles is 1. The van der Waals surface area contributed by atoms with E-state index in [1.807, 2.05) is 18.2 Å². The minimum absolute atomic E-state index is 0.00592. The molecule has 1 aromatic rings. The summed E-state index contributed by atoms with van der Waals surface area (Å²) < 4.78 is 24.2. The standard InChI is InChI=1S/C17H20FN3O3/c1-23-15-4-10-3-14(20-8-11(10)5-16(15)24-2)17(22)21-9-12(18)6-13(21)7-19/h4-5,12-14,20H,3,6,8-9H2,1-2H3/t12-,13-,14-/m0/s1. The maximum absolute atomic E-state index is 13.6. The molecule has 2 aliphatic rings. The number of fused-ring (bicyclic) bond motifs is 1. The van der Waals surface area contributed by atoms with Crippen molar-refractivity contribution in [1.82, 2.24) is 10.2 Å². The zero-order valence-electron chi connectivity index (χ0n) is 13.7. The number of ether oxygens (including phenoxy) is 2. The molecule has 0 aliphatic carbocycles. The van der Waals surface area contributed by atoms with Crippen LogP contribution in [-0.2, 0) is 17.8 Å². The fraction of sp³-hybridized carbons (Fsp3) is 0.529. The first-order valence-electron chi connectivity index (χ1n) is 7.88. The maximum atomic E-state index is 13.6. The normalized spacial score (nSPS) is 25.8. The van der Waals surface area contributed by atoms with E-state index >= 15 is 0 Å². The van der Waals surface area contributed by atoms with Crippen molar-refractivity contribution in [2.24, 2.45) is 0 Å². The topological polar surface area (TPSA) is 74.6 Å². The fourth-order valence-electron chi connectivity index (χ4n) is 3.37. The number of hydrogen-bond donors (Lipinski definition) is 1. The molecule has 1 saturated heterocycles. The third kappa shape index (κ3) is 2.89. The van der Waals surface area contributed by atoms with Crippen molar-refractivity contribution in [3.8, 4) is 17.6 Å². The Morgan fingerprint density at radius 2 is 2.00 bits per heavy atom. The van der Waals surface area contributed by atoms with Gasteiger partial charge in [0, 0.05) is 13.0 Å². The van der Waals surface area contributed by atoms with Gasteiger partial charge in [-0.2, -0.15) is 5.26 Å². The van der Waals surface area contributed by atoms with Gasteiger partial charge < -0.3 is 19.7 Å². The molecule has 1 fully saturated rings. The van der Waals surface area contributed by atoms with Gasteiger partial charge in [0.05, 0.1) is 32.9 Å². The Kier molecular flexibility index (Phi) is 4.58. The van der Waals surface area contributed by atoms with E-state index in [9.17, 15) is 9.18 Å². The van der Waals surface area contributed by atoms with Crippen LogP contribution in [0.1, 0.15) is 17.5 Å². The van der Waals surface area contributed by atoms with Crippen molar-refractivity contribution in [2.45, 2.75) is 37.6 Å². The first-order chi connectivity index (χ1) is 11.6. The average Bonchev–Trinajstić information content (AvgIpc) is 3.00. The number of methoxy groups -OCH3 is 2. The summed E-state index contributed by atoms with van der Waals surface area (Å²) >= 11 is 0. The van der Waals surface area contributed by atoms with Crippen LogP contribution in [0.25, 0.3) is 0 Å². The lowest BCUT2D eigenvalue weighted by Gasteiger charge is -2.30. The van der Waals surface area contributed by atoms with Crippen LogP contribution in [0.3, 0.4) is 0 Å². The monoisotopic (exact) mass is 333 g/mol. The van der Waals surface area contributed by atoms with Crippen molar-refractivity contribution >= 4 is 5.91 Å². The van der Waals surface area contributed by atoms with E-state index in [1.165, 1.54) is 4.90 Å². The number of hydrogen-bond acceptors (Lipinski definition) is 5. The van der Waals surface area contributed by atoms with E-state index in [0.717, 1.165) is 11.1 Å².